The van der Waals surface area contributed by atoms with Gasteiger partial charge in [0.25, 0.3) is 0 Å². The summed E-state index contributed by atoms with van der Waals surface area (Å²) in [4.78, 5) is 35.8. The van der Waals surface area contributed by atoms with E-state index < -0.39 is 33.3 Å². The Kier molecular flexibility index (Phi) is 5.99. The molecule has 28 heavy (non-hydrogen) atoms. The fourth-order valence-corrected chi connectivity index (χ4v) is 5.54. The van der Waals surface area contributed by atoms with Crippen molar-refractivity contribution < 1.29 is 22.8 Å². The first-order chi connectivity index (χ1) is 13.3. The fraction of sp³-hybridized carbons (Fsp3) is 0.500. The third kappa shape index (κ3) is 4.33. The van der Waals surface area contributed by atoms with Crippen molar-refractivity contribution in [3.8, 4) is 0 Å². The van der Waals surface area contributed by atoms with Gasteiger partial charge in [0, 0.05) is 25.6 Å². The van der Waals surface area contributed by atoms with E-state index in [4.69, 9.17) is 0 Å². The molecule has 4 amide bonds. The second-order valence-electron chi connectivity index (χ2n) is 7.09. The number of imide groups is 1. The minimum Gasteiger partial charge on any atom is -0.352 e. The molecule has 0 radical (unpaired) electrons. The molecule has 1 aromatic carbocycles. The second-order valence-corrected chi connectivity index (χ2v) is 9.15. The quantitative estimate of drug-likeness (QED) is 0.630. The second kappa shape index (κ2) is 8.27. The van der Waals surface area contributed by atoms with E-state index in [-0.39, 0.29) is 24.9 Å². The Morgan fingerprint density at radius 1 is 1.18 bits per heavy atom. The Labute approximate surface area is 163 Å². The van der Waals surface area contributed by atoms with E-state index in [0.29, 0.717) is 19.4 Å². The smallest absolute Gasteiger partial charge is 0.321 e. The van der Waals surface area contributed by atoms with Gasteiger partial charge >= 0.3 is 6.03 Å². The first-order valence-corrected chi connectivity index (χ1v) is 10.7. The normalized spacial score (nSPS) is 24.3. The molecule has 0 aromatic heterocycles. The number of carbonyl (C=O) groups excluding carboxylic acids is 3. The lowest BCUT2D eigenvalue weighted by molar-refractivity contribution is -0.126. The zero-order valence-corrected chi connectivity index (χ0v) is 16.4. The molecule has 3 N–H and O–H groups in total. The van der Waals surface area contributed by atoms with Crippen LogP contribution in [0.5, 0.6) is 0 Å². The van der Waals surface area contributed by atoms with Gasteiger partial charge in [-0.15, -0.1) is 0 Å². The van der Waals surface area contributed by atoms with Gasteiger partial charge < -0.3 is 10.6 Å². The van der Waals surface area contributed by atoms with E-state index >= 15 is 0 Å². The molecule has 0 bridgehead atoms. The molecule has 2 fully saturated rings. The molecular formula is C18H24N4O5S. The van der Waals surface area contributed by atoms with Gasteiger partial charge in [-0.3, -0.25) is 14.9 Å². The molecule has 2 atom stereocenters. The number of urea groups is 1. The highest BCUT2D eigenvalue weighted by atomic mass is 32.2. The third-order valence-corrected chi connectivity index (χ3v) is 7.47. The number of carbonyl (C=O) groups is 3. The van der Waals surface area contributed by atoms with Crippen LogP contribution in [0.2, 0.25) is 0 Å². The van der Waals surface area contributed by atoms with Crippen LogP contribution in [0.3, 0.4) is 0 Å². The topological polar surface area (TPSA) is 125 Å². The molecule has 3 rings (SSSR count). The van der Waals surface area contributed by atoms with Gasteiger partial charge in [-0.2, -0.15) is 0 Å². The Morgan fingerprint density at radius 2 is 1.82 bits per heavy atom. The van der Waals surface area contributed by atoms with Gasteiger partial charge in [-0.1, -0.05) is 30.3 Å². The van der Waals surface area contributed by atoms with Gasteiger partial charge in [-0.25, -0.2) is 17.5 Å². The summed E-state index contributed by atoms with van der Waals surface area (Å²) in [5.41, 5.74) is 0.996. The lowest BCUT2D eigenvalue weighted by Crippen LogP contribution is -2.64. The Hall–Kier alpha value is -2.46. The van der Waals surface area contributed by atoms with E-state index in [2.05, 4.69) is 10.6 Å². The molecule has 2 unspecified atom stereocenters. The van der Waals surface area contributed by atoms with Crippen molar-refractivity contribution in [1.29, 1.82) is 0 Å². The van der Waals surface area contributed by atoms with Crippen LogP contribution in [-0.2, 0) is 26.2 Å². The molecule has 10 heteroatoms. The largest absolute Gasteiger partial charge is 0.352 e. The first kappa shape index (κ1) is 20.3. The lowest BCUT2D eigenvalue weighted by Gasteiger charge is -2.36. The van der Waals surface area contributed by atoms with Gasteiger partial charge in [0.2, 0.25) is 21.8 Å². The monoisotopic (exact) mass is 408 g/mol. The predicted octanol–water partition coefficient (Wildman–Crippen LogP) is -0.0589. The van der Waals surface area contributed by atoms with Crippen molar-refractivity contribution in [3.05, 3.63) is 35.9 Å². The molecule has 0 aliphatic carbocycles. The van der Waals surface area contributed by atoms with Gasteiger partial charge in [0.1, 0.15) is 0 Å². The summed E-state index contributed by atoms with van der Waals surface area (Å²) in [6.07, 6.45) is 0.768. The van der Waals surface area contributed by atoms with Crippen LogP contribution in [0.15, 0.2) is 30.3 Å². The van der Waals surface area contributed by atoms with Crippen molar-refractivity contribution in [2.45, 2.75) is 37.6 Å². The average molecular weight is 408 g/mol. The summed E-state index contributed by atoms with van der Waals surface area (Å²) < 4.78 is 27.0. The van der Waals surface area contributed by atoms with Crippen LogP contribution in [0.4, 0.5) is 4.79 Å². The molecule has 2 heterocycles. The van der Waals surface area contributed by atoms with Crippen LogP contribution < -0.4 is 16.0 Å². The summed E-state index contributed by atoms with van der Waals surface area (Å²) in [6.45, 7) is 2.24. The van der Waals surface area contributed by atoms with E-state index in [0.717, 1.165) is 5.56 Å². The average Bonchev–Trinajstić information content (AvgIpc) is 2.66. The van der Waals surface area contributed by atoms with E-state index in [1.165, 1.54) is 11.2 Å². The highest BCUT2D eigenvalue weighted by Crippen LogP contribution is 2.24. The summed E-state index contributed by atoms with van der Waals surface area (Å²) in [6, 6.07) is 8.02. The van der Waals surface area contributed by atoms with Crippen LogP contribution in [0, 0.1) is 5.92 Å². The minimum absolute atomic E-state index is 0.100. The Balaban J connectivity index is 1.56. The molecule has 1 aromatic rings. The first-order valence-electron chi connectivity index (χ1n) is 9.21. The van der Waals surface area contributed by atoms with E-state index in [9.17, 15) is 22.8 Å². The molecule has 2 saturated heterocycles. The molecular weight excluding hydrogens is 384 g/mol. The zero-order valence-electron chi connectivity index (χ0n) is 15.6. The van der Waals surface area contributed by atoms with Crippen LogP contribution >= 0.6 is 0 Å². The third-order valence-electron chi connectivity index (χ3n) is 5.12. The molecule has 0 saturated carbocycles. The number of benzene rings is 1. The number of sulfonamides is 1. The van der Waals surface area contributed by atoms with Gasteiger partial charge in [0.05, 0.1) is 6.04 Å². The SMILES string of the molecule is CC1NC(=O)NC(=O)C1S(=O)(=O)N1CCC(C(=O)NCc2ccccc2)CC1. The zero-order chi connectivity index (χ0) is 20.3. The van der Waals surface area contributed by atoms with Crippen LogP contribution in [-0.4, -0.2) is 54.9 Å². The van der Waals surface area contributed by atoms with E-state index in [1.54, 1.807) is 0 Å². The summed E-state index contributed by atoms with van der Waals surface area (Å²) in [7, 11) is -3.94. The van der Waals surface area contributed by atoms with E-state index in [1.807, 2.05) is 35.6 Å². The van der Waals surface area contributed by atoms with Crippen molar-refractivity contribution >= 4 is 27.9 Å². The Bertz CT molecular complexity index is 850. The number of hydrogen-bond donors (Lipinski definition) is 3. The summed E-state index contributed by atoms with van der Waals surface area (Å²) >= 11 is 0. The highest BCUT2D eigenvalue weighted by molar-refractivity contribution is 7.90. The number of amides is 4. The summed E-state index contributed by atoms with van der Waals surface area (Å²) in [5.74, 6) is -1.19. The maximum atomic E-state index is 12.9. The van der Waals surface area contributed by atoms with Crippen molar-refractivity contribution in [3.63, 3.8) is 0 Å². The number of nitrogens with one attached hydrogen (secondary N) is 3. The van der Waals surface area contributed by atoms with Crippen molar-refractivity contribution in [2.24, 2.45) is 5.92 Å². The lowest BCUT2D eigenvalue weighted by atomic mass is 9.97. The highest BCUT2D eigenvalue weighted by Gasteiger charge is 2.46. The number of hydrogen-bond acceptors (Lipinski definition) is 5. The predicted molar refractivity (Wildman–Crippen MR) is 101 cm³/mol. The Morgan fingerprint density at radius 3 is 2.43 bits per heavy atom. The fourth-order valence-electron chi connectivity index (χ4n) is 3.58. The summed E-state index contributed by atoms with van der Waals surface area (Å²) in [5, 5.41) is 5.95. The van der Waals surface area contributed by atoms with Crippen LogP contribution in [0.1, 0.15) is 25.3 Å². The number of rotatable bonds is 5. The van der Waals surface area contributed by atoms with Gasteiger partial charge in [-0.05, 0) is 25.3 Å². The number of piperidine rings is 1. The molecule has 0 spiro atoms. The molecule has 2 aliphatic rings. The maximum Gasteiger partial charge on any atom is 0.321 e. The molecule has 152 valence electrons. The molecule has 9 nitrogen and oxygen atoms in total. The molecule has 2 aliphatic heterocycles. The van der Waals surface area contributed by atoms with Gasteiger partial charge in [0.15, 0.2) is 5.25 Å². The minimum atomic E-state index is -3.94. The number of nitrogens with zero attached hydrogens (tertiary/aromatic N) is 1. The standard InChI is InChI=1S/C18H24N4O5S/c1-12-15(17(24)21-18(25)20-12)28(26,27)22-9-7-14(8-10-22)16(23)19-11-13-5-3-2-4-6-13/h2-6,12,14-15H,7-11H2,1H3,(H,19,23)(H2,20,21,24,25). The van der Waals surface area contributed by atoms with Crippen molar-refractivity contribution in [1.82, 2.24) is 20.3 Å². The van der Waals surface area contributed by atoms with Crippen LogP contribution in [0.25, 0.3) is 0 Å². The maximum absolute atomic E-state index is 12.9. The van der Waals surface area contributed by atoms with Crippen molar-refractivity contribution in [2.75, 3.05) is 13.1 Å².